The Kier molecular flexibility index (Phi) is 5.60. The molecule has 1 unspecified atom stereocenters. The van der Waals surface area contributed by atoms with Crippen LogP contribution in [0.5, 0.6) is 5.75 Å². The van der Waals surface area contributed by atoms with Gasteiger partial charge in [0.05, 0.1) is 7.11 Å². The Balaban J connectivity index is 1.38. The molecule has 128 valence electrons. The maximum atomic E-state index is 5.23. The first kappa shape index (κ1) is 16.8. The lowest BCUT2D eigenvalue weighted by molar-refractivity contribution is 0.126. The third-order valence-electron chi connectivity index (χ3n) is 5.77. The van der Waals surface area contributed by atoms with Crippen molar-refractivity contribution in [3.05, 3.63) is 29.8 Å². The van der Waals surface area contributed by atoms with E-state index >= 15 is 0 Å². The molecule has 2 heterocycles. The van der Waals surface area contributed by atoms with Crippen molar-refractivity contribution in [2.24, 2.45) is 11.3 Å². The molecule has 2 aliphatic rings. The number of nitrogens with one attached hydrogen (secondary N) is 1. The lowest BCUT2D eigenvalue weighted by Crippen LogP contribution is -2.42. The maximum absolute atomic E-state index is 5.23. The second kappa shape index (κ2) is 7.67. The smallest absolute Gasteiger partial charge is 0.118 e. The Morgan fingerprint density at radius 2 is 1.96 bits per heavy atom. The number of methoxy groups -OCH3 is 1. The monoisotopic (exact) mass is 316 g/mol. The zero-order valence-electron chi connectivity index (χ0n) is 14.8. The van der Waals surface area contributed by atoms with E-state index in [1.807, 2.05) is 0 Å². The van der Waals surface area contributed by atoms with Crippen LogP contribution in [0.4, 0.5) is 0 Å². The molecule has 2 saturated heterocycles. The molecule has 0 aromatic heterocycles. The molecule has 2 aliphatic heterocycles. The molecule has 1 atom stereocenters. The summed E-state index contributed by atoms with van der Waals surface area (Å²) in [5.74, 6) is 1.86. The molecule has 0 radical (unpaired) electrons. The molecule has 0 saturated carbocycles. The molecule has 0 spiro atoms. The number of piperidine rings is 1. The van der Waals surface area contributed by atoms with E-state index in [1.54, 1.807) is 7.11 Å². The molecule has 3 heteroatoms. The van der Waals surface area contributed by atoms with Crippen LogP contribution in [-0.2, 0) is 6.42 Å². The lowest BCUT2D eigenvalue weighted by Gasteiger charge is -2.37. The summed E-state index contributed by atoms with van der Waals surface area (Å²) in [5, 5.41) is 3.52. The highest BCUT2D eigenvalue weighted by Gasteiger charge is 2.31. The minimum absolute atomic E-state index is 0.510. The molecule has 0 amide bonds. The lowest BCUT2D eigenvalue weighted by atomic mass is 9.86. The van der Waals surface area contributed by atoms with Gasteiger partial charge in [0.2, 0.25) is 0 Å². The van der Waals surface area contributed by atoms with Crippen LogP contribution in [0.25, 0.3) is 0 Å². The minimum Gasteiger partial charge on any atom is -0.497 e. The summed E-state index contributed by atoms with van der Waals surface area (Å²) in [6.45, 7) is 8.72. The largest absolute Gasteiger partial charge is 0.497 e. The van der Waals surface area contributed by atoms with Crippen molar-refractivity contribution >= 4 is 0 Å². The molecule has 3 rings (SSSR count). The van der Waals surface area contributed by atoms with Crippen molar-refractivity contribution in [3.8, 4) is 5.75 Å². The molecular weight excluding hydrogens is 284 g/mol. The number of rotatable bonds is 6. The van der Waals surface area contributed by atoms with E-state index in [2.05, 4.69) is 41.4 Å². The normalized spacial score (nSPS) is 26.5. The van der Waals surface area contributed by atoms with Gasteiger partial charge in [0.15, 0.2) is 0 Å². The van der Waals surface area contributed by atoms with E-state index in [0.29, 0.717) is 5.41 Å². The molecular formula is C20H32N2O. The highest BCUT2D eigenvalue weighted by atomic mass is 16.5. The fourth-order valence-electron chi connectivity index (χ4n) is 4.14. The topological polar surface area (TPSA) is 24.5 Å². The van der Waals surface area contributed by atoms with E-state index in [9.17, 15) is 0 Å². The number of hydrogen-bond donors (Lipinski definition) is 1. The molecule has 2 fully saturated rings. The van der Waals surface area contributed by atoms with Crippen molar-refractivity contribution in [2.45, 2.75) is 39.0 Å². The van der Waals surface area contributed by atoms with Gasteiger partial charge in [-0.3, -0.25) is 0 Å². The van der Waals surface area contributed by atoms with Gasteiger partial charge in [-0.05, 0) is 80.8 Å². The van der Waals surface area contributed by atoms with Crippen LogP contribution in [-0.4, -0.2) is 44.7 Å². The van der Waals surface area contributed by atoms with Crippen LogP contribution in [0.3, 0.4) is 0 Å². The molecule has 1 N–H and O–H groups in total. The van der Waals surface area contributed by atoms with Crippen LogP contribution in [0.15, 0.2) is 24.3 Å². The van der Waals surface area contributed by atoms with Crippen molar-refractivity contribution < 1.29 is 4.74 Å². The summed E-state index contributed by atoms with van der Waals surface area (Å²) in [7, 11) is 1.73. The van der Waals surface area contributed by atoms with E-state index in [0.717, 1.165) is 11.7 Å². The summed E-state index contributed by atoms with van der Waals surface area (Å²) < 4.78 is 5.23. The zero-order chi connectivity index (χ0) is 16.1. The van der Waals surface area contributed by atoms with E-state index in [1.165, 1.54) is 70.4 Å². The number of nitrogens with zero attached hydrogens (tertiary/aromatic N) is 1. The van der Waals surface area contributed by atoms with Crippen LogP contribution < -0.4 is 10.1 Å². The summed E-state index contributed by atoms with van der Waals surface area (Å²) in [6, 6.07) is 8.58. The van der Waals surface area contributed by atoms with Gasteiger partial charge < -0.3 is 15.0 Å². The van der Waals surface area contributed by atoms with Gasteiger partial charge in [-0.15, -0.1) is 0 Å². The van der Waals surface area contributed by atoms with Gasteiger partial charge in [-0.25, -0.2) is 0 Å². The highest BCUT2D eigenvalue weighted by Crippen LogP contribution is 2.29. The quantitative estimate of drug-likeness (QED) is 0.871. The maximum Gasteiger partial charge on any atom is 0.118 e. The van der Waals surface area contributed by atoms with E-state index in [-0.39, 0.29) is 0 Å². The number of aryl methyl sites for hydroxylation is 1. The fraction of sp³-hybridized carbons (Fsp3) is 0.700. The molecule has 0 aliphatic carbocycles. The third-order valence-corrected chi connectivity index (χ3v) is 5.77. The first-order valence-electron chi connectivity index (χ1n) is 9.23. The Morgan fingerprint density at radius 1 is 1.22 bits per heavy atom. The third kappa shape index (κ3) is 4.71. The Bertz CT molecular complexity index is 471. The van der Waals surface area contributed by atoms with Gasteiger partial charge in [0.1, 0.15) is 5.75 Å². The Morgan fingerprint density at radius 3 is 2.57 bits per heavy atom. The van der Waals surface area contributed by atoms with Gasteiger partial charge in [0, 0.05) is 13.1 Å². The van der Waals surface area contributed by atoms with Crippen molar-refractivity contribution in [1.29, 1.82) is 0 Å². The predicted octanol–water partition coefficient (Wildman–Crippen LogP) is 3.34. The average molecular weight is 316 g/mol. The summed E-state index contributed by atoms with van der Waals surface area (Å²) in [4.78, 5) is 2.71. The summed E-state index contributed by atoms with van der Waals surface area (Å²) in [6.07, 6.45) is 6.62. The van der Waals surface area contributed by atoms with Gasteiger partial charge >= 0.3 is 0 Å². The molecule has 0 bridgehead atoms. The number of ether oxygens (including phenoxy) is 1. The SMILES string of the molecule is COc1ccc(CCC2CCN(CC3(C)CCNC3)CC2)cc1. The average Bonchev–Trinajstić information content (AvgIpc) is 3.01. The number of hydrogen-bond acceptors (Lipinski definition) is 3. The second-order valence-corrected chi connectivity index (χ2v) is 7.84. The fourth-order valence-corrected chi connectivity index (χ4v) is 4.14. The first-order chi connectivity index (χ1) is 11.2. The standard InChI is InChI=1S/C20H32N2O/c1-20(11-12-21-15-20)16-22-13-9-18(10-14-22)4-3-17-5-7-19(23-2)8-6-17/h5-8,18,21H,3-4,9-16H2,1-2H3. The molecule has 1 aromatic rings. The van der Waals surface area contributed by atoms with Gasteiger partial charge in [-0.2, -0.15) is 0 Å². The van der Waals surface area contributed by atoms with Crippen LogP contribution in [0.1, 0.15) is 38.2 Å². The Hall–Kier alpha value is -1.06. The molecule has 1 aromatic carbocycles. The second-order valence-electron chi connectivity index (χ2n) is 7.84. The Labute approximate surface area is 141 Å². The van der Waals surface area contributed by atoms with Crippen molar-refractivity contribution in [2.75, 3.05) is 39.8 Å². The van der Waals surface area contributed by atoms with E-state index in [4.69, 9.17) is 4.74 Å². The van der Waals surface area contributed by atoms with Crippen LogP contribution in [0, 0.1) is 11.3 Å². The van der Waals surface area contributed by atoms with Crippen molar-refractivity contribution in [3.63, 3.8) is 0 Å². The van der Waals surface area contributed by atoms with E-state index < -0.39 is 0 Å². The predicted molar refractivity (Wildman–Crippen MR) is 96.1 cm³/mol. The van der Waals surface area contributed by atoms with Gasteiger partial charge in [0.25, 0.3) is 0 Å². The van der Waals surface area contributed by atoms with Crippen LogP contribution >= 0.6 is 0 Å². The van der Waals surface area contributed by atoms with Gasteiger partial charge in [-0.1, -0.05) is 19.1 Å². The minimum atomic E-state index is 0.510. The molecule has 23 heavy (non-hydrogen) atoms. The summed E-state index contributed by atoms with van der Waals surface area (Å²) in [5.41, 5.74) is 1.95. The number of likely N-dealkylation sites (tertiary alicyclic amines) is 1. The van der Waals surface area contributed by atoms with Crippen LogP contribution in [0.2, 0.25) is 0 Å². The summed E-state index contributed by atoms with van der Waals surface area (Å²) >= 11 is 0. The van der Waals surface area contributed by atoms with Crippen molar-refractivity contribution in [1.82, 2.24) is 10.2 Å². The highest BCUT2D eigenvalue weighted by molar-refractivity contribution is 5.27. The first-order valence-corrected chi connectivity index (χ1v) is 9.23. The zero-order valence-corrected chi connectivity index (χ0v) is 14.8. The number of benzene rings is 1. The molecule has 3 nitrogen and oxygen atoms in total.